The van der Waals surface area contributed by atoms with E-state index in [1.807, 2.05) is 53.4 Å². The zero-order valence-corrected chi connectivity index (χ0v) is 15.7. The van der Waals surface area contributed by atoms with E-state index in [-0.39, 0.29) is 17.9 Å². The number of hydrogen-bond donors (Lipinski definition) is 0. The molecule has 0 spiro atoms. The van der Waals surface area contributed by atoms with Crippen molar-refractivity contribution in [3.8, 4) is 5.69 Å². The van der Waals surface area contributed by atoms with Crippen LogP contribution in [0.3, 0.4) is 0 Å². The van der Waals surface area contributed by atoms with Crippen LogP contribution in [0.2, 0.25) is 0 Å². The van der Waals surface area contributed by atoms with Crippen molar-refractivity contribution in [1.82, 2.24) is 14.5 Å². The number of halogens is 1. The normalized spacial score (nSPS) is 24.1. The maximum absolute atomic E-state index is 14.5. The lowest BCUT2D eigenvalue weighted by Gasteiger charge is -2.28. The summed E-state index contributed by atoms with van der Waals surface area (Å²) in [4.78, 5) is 11.9. The quantitative estimate of drug-likeness (QED) is 0.668. The Morgan fingerprint density at radius 2 is 1.93 bits per heavy atom. The molecule has 4 heterocycles. The molecule has 0 radical (unpaired) electrons. The molecule has 136 valence electrons. The Labute approximate surface area is 161 Å². The van der Waals surface area contributed by atoms with Crippen molar-refractivity contribution < 1.29 is 4.39 Å². The molecule has 2 aliphatic heterocycles. The van der Waals surface area contributed by atoms with Gasteiger partial charge in [-0.05, 0) is 36.4 Å². The molecule has 0 aliphatic carbocycles. The van der Waals surface area contributed by atoms with Gasteiger partial charge in [0, 0.05) is 29.9 Å². The van der Waals surface area contributed by atoms with Gasteiger partial charge in [0.15, 0.2) is 5.17 Å². The van der Waals surface area contributed by atoms with E-state index in [9.17, 15) is 4.39 Å². The number of thioether (sulfide) groups is 1. The first-order chi connectivity index (χ1) is 13.2. The number of benzene rings is 1. The third-order valence-corrected chi connectivity index (χ3v) is 6.18. The summed E-state index contributed by atoms with van der Waals surface area (Å²) in [6, 6.07) is 16.8. The minimum atomic E-state index is -0.229. The number of rotatable bonds is 3. The van der Waals surface area contributed by atoms with Crippen molar-refractivity contribution >= 4 is 16.9 Å². The lowest BCUT2D eigenvalue weighted by Crippen LogP contribution is -2.30. The van der Waals surface area contributed by atoms with E-state index in [1.54, 1.807) is 17.8 Å². The van der Waals surface area contributed by atoms with Crippen molar-refractivity contribution in [2.24, 2.45) is 4.99 Å². The largest absolute Gasteiger partial charge is 0.339 e. The van der Waals surface area contributed by atoms with E-state index in [1.165, 1.54) is 6.07 Å². The maximum Gasteiger partial charge on any atom is 0.160 e. The average Bonchev–Trinajstić information content (AvgIpc) is 3.36. The van der Waals surface area contributed by atoms with Gasteiger partial charge in [-0.1, -0.05) is 36.9 Å². The van der Waals surface area contributed by atoms with Crippen LogP contribution in [0.15, 0.2) is 72.0 Å². The van der Waals surface area contributed by atoms with E-state index >= 15 is 0 Å². The average molecular weight is 378 g/mol. The first-order valence-corrected chi connectivity index (χ1v) is 9.94. The summed E-state index contributed by atoms with van der Waals surface area (Å²) < 4.78 is 16.4. The monoisotopic (exact) mass is 378 g/mol. The molecule has 1 saturated heterocycles. The number of hydrogen-bond acceptors (Lipinski definition) is 4. The number of aliphatic imine (C=N–C) groups is 1. The van der Waals surface area contributed by atoms with Gasteiger partial charge in [0.05, 0.1) is 17.4 Å². The molecule has 27 heavy (non-hydrogen) atoms. The zero-order valence-electron chi connectivity index (χ0n) is 14.9. The SMILES string of the molecule is C[C@H]1CN2C(=N[C@H](c3ccccn3)[C@@H]2c2cccn2-c2ccccc2F)S1. The van der Waals surface area contributed by atoms with Gasteiger partial charge in [0.25, 0.3) is 0 Å². The standard InChI is InChI=1S/C21H19FN4S/c1-14-13-26-20(19(24-21(26)27-14)16-8-4-5-11-23-16)18-10-6-12-25(18)17-9-3-2-7-15(17)22/h2-12,14,19-20H,13H2,1H3/t14-,19+,20-/m0/s1. The molecule has 2 aromatic heterocycles. The second kappa shape index (κ2) is 6.53. The fraction of sp³-hybridized carbons (Fsp3) is 0.238. The van der Waals surface area contributed by atoms with E-state index in [2.05, 4.69) is 22.9 Å². The summed E-state index contributed by atoms with van der Waals surface area (Å²) >= 11 is 1.81. The summed E-state index contributed by atoms with van der Waals surface area (Å²) in [5.41, 5.74) is 2.54. The van der Waals surface area contributed by atoms with Crippen LogP contribution in [0.5, 0.6) is 0 Å². The van der Waals surface area contributed by atoms with Crippen LogP contribution < -0.4 is 0 Å². The number of nitrogens with zero attached hydrogens (tertiary/aromatic N) is 4. The Bertz CT molecular complexity index is 1000. The van der Waals surface area contributed by atoms with Gasteiger partial charge in [-0.2, -0.15) is 0 Å². The summed E-state index contributed by atoms with van der Waals surface area (Å²) in [6.07, 6.45) is 3.73. The highest BCUT2D eigenvalue weighted by Crippen LogP contribution is 2.47. The third kappa shape index (κ3) is 2.75. The predicted octanol–water partition coefficient (Wildman–Crippen LogP) is 4.60. The van der Waals surface area contributed by atoms with Crippen molar-refractivity contribution in [2.75, 3.05) is 6.54 Å². The summed E-state index contributed by atoms with van der Waals surface area (Å²) in [5, 5.41) is 1.55. The maximum atomic E-state index is 14.5. The predicted molar refractivity (Wildman–Crippen MR) is 107 cm³/mol. The smallest absolute Gasteiger partial charge is 0.160 e. The molecule has 0 N–H and O–H groups in total. The van der Waals surface area contributed by atoms with Crippen LogP contribution in [0.1, 0.15) is 30.4 Å². The molecule has 0 bridgehead atoms. The fourth-order valence-electron chi connectivity index (χ4n) is 3.94. The number of para-hydroxylation sites is 1. The Morgan fingerprint density at radius 3 is 2.74 bits per heavy atom. The zero-order chi connectivity index (χ0) is 18.4. The van der Waals surface area contributed by atoms with Gasteiger partial charge in [0.1, 0.15) is 11.9 Å². The van der Waals surface area contributed by atoms with Crippen LogP contribution in [0.25, 0.3) is 5.69 Å². The highest BCUT2D eigenvalue weighted by Gasteiger charge is 2.44. The summed E-state index contributed by atoms with van der Waals surface area (Å²) in [5.74, 6) is -0.229. The van der Waals surface area contributed by atoms with Crippen LogP contribution in [0.4, 0.5) is 4.39 Å². The molecular formula is C21H19FN4S. The second-order valence-corrected chi connectivity index (χ2v) is 8.30. The van der Waals surface area contributed by atoms with Crippen molar-refractivity contribution in [3.63, 3.8) is 0 Å². The molecule has 3 aromatic rings. The highest BCUT2D eigenvalue weighted by molar-refractivity contribution is 8.14. The minimum absolute atomic E-state index is 0.00181. The fourth-order valence-corrected chi connectivity index (χ4v) is 5.03. The second-order valence-electron chi connectivity index (χ2n) is 6.89. The topological polar surface area (TPSA) is 33.4 Å². The molecule has 0 unspecified atom stereocenters. The molecule has 0 saturated carbocycles. The first-order valence-electron chi connectivity index (χ1n) is 9.06. The van der Waals surface area contributed by atoms with Crippen molar-refractivity contribution in [3.05, 3.63) is 84.2 Å². The molecule has 1 aromatic carbocycles. The molecule has 6 heteroatoms. The molecule has 5 rings (SSSR count). The van der Waals surface area contributed by atoms with Gasteiger partial charge < -0.3 is 9.47 Å². The third-order valence-electron chi connectivity index (χ3n) is 5.08. The Balaban J connectivity index is 1.63. The van der Waals surface area contributed by atoms with Crippen LogP contribution in [-0.2, 0) is 0 Å². The molecule has 4 nitrogen and oxygen atoms in total. The van der Waals surface area contributed by atoms with E-state index < -0.39 is 0 Å². The number of aromatic nitrogens is 2. The van der Waals surface area contributed by atoms with Crippen molar-refractivity contribution in [2.45, 2.75) is 24.3 Å². The van der Waals surface area contributed by atoms with Gasteiger partial charge >= 0.3 is 0 Å². The summed E-state index contributed by atoms with van der Waals surface area (Å²) in [6.45, 7) is 3.15. The highest BCUT2D eigenvalue weighted by atomic mass is 32.2. The van der Waals surface area contributed by atoms with E-state index in [0.29, 0.717) is 10.9 Å². The minimum Gasteiger partial charge on any atom is -0.339 e. The molecule has 2 aliphatic rings. The van der Waals surface area contributed by atoms with Crippen LogP contribution >= 0.6 is 11.8 Å². The Kier molecular flexibility index (Phi) is 4.01. The van der Waals surface area contributed by atoms with E-state index in [4.69, 9.17) is 4.99 Å². The number of amidine groups is 1. The lowest BCUT2D eigenvalue weighted by atomic mass is 10.0. The van der Waals surface area contributed by atoms with Crippen LogP contribution in [0, 0.1) is 5.82 Å². The number of pyridine rings is 1. The Hall–Kier alpha value is -2.60. The molecule has 1 fully saturated rings. The molecular weight excluding hydrogens is 359 g/mol. The summed E-state index contributed by atoms with van der Waals surface area (Å²) in [7, 11) is 0. The van der Waals surface area contributed by atoms with Gasteiger partial charge in [0.2, 0.25) is 0 Å². The van der Waals surface area contributed by atoms with Crippen LogP contribution in [-0.4, -0.2) is 31.4 Å². The molecule has 0 amide bonds. The van der Waals surface area contributed by atoms with Gasteiger partial charge in [-0.15, -0.1) is 0 Å². The number of fused-ring (bicyclic) bond motifs is 1. The molecule has 3 atom stereocenters. The van der Waals surface area contributed by atoms with Gasteiger partial charge in [-0.3, -0.25) is 9.98 Å². The van der Waals surface area contributed by atoms with Crippen molar-refractivity contribution in [1.29, 1.82) is 0 Å². The van der Waals surface area contributed by atoms with Gasteiger partial charge in [-0.25, -0.2) is 4.39 Å². The lowest BCUT2D eigenvalue weighted by molar-refractivity contribution is 0.312. The first kappa shape index (κ1) is 16.6. The Morgan fingerprint density at radius 1 is 1.07 bits per heavy atom. The van der Waals surface area contributed by atoms with E-state index in [0.717, 1.165) is 23.1 Å².